The molecule has 0 unspecified atom stereocenters. The van der Waals surface area contributed by atoms with Crippen molar-refractivity contribution in [2.24, 2.45) is 0 Å². The molecule has 1 amide bonds. The van der Waals surface area contributed by atoms with Crippen LogP contribution in [0.25, 0.3) is 17.0 Å². The molecule has 9 nitrogen and oxygen atoms in total. The van der Waals surface area contributed by atoms with E-state index < -0.39 is 5.60 Å². The third kappa shape index (κ3) is 4.41. The van der Waals surface area contributed by atoms with Crippen molar-refractivity contribution in [2.75, 3.05) is 6.54 Å². The number of carbonyl (C=O) groups is 1. The Morgan fingerprint density at radius 2 is 1.82 bits per heavy atom. The van der Waals surface area contributed by atoms with Gasteiger partial charge in [0.1, 0.15) is 12.2 Å². The van der Waals surface area contributed by atoms with Crippen LogP contribution in [-0.4, -0.2) is 47.9 Å². The molecule has 9 heteroatoms. The van der Waals surface area contributed by atoms with Gasteiger partial charge in [-0.3, -0.25) is 4.98 Å². The van der Waals surface area contributed by atoms with Gasteiger partial charge in [-0.1, -0.05) is 36.4 Å². The zero-order valence-electron chi connectivity index (χ0n) is 19.4. The molecule has 1 aliphatic heterocycles. The van der Waals surface area contributed by atoms with E-state index in [1.165, 1.54) is 0 Å². The maximum atomic E-state index is 12.8. The van der Waals surface area contributed by atoms with Gasteiger partial charge < -0.3 is 14.4 Å². The van der Waals surface area contributed by atoms with Gasteiger partial charge in [0.2, 0.25) is 5.88 Å². The molecule has 0 bridgehead atoms. The number of benzene rings is 1. The maximum absolute atomic E-state index is 12.8. The summed E-state index contributed by atoms with van der Waals surface area (Å²) in [6.45, 7) is 6.70. The summed E-state index contributed by atoms with van der Waals surface area (Å²) in [5.74, 6) is 1.10. The van der Waals surface area contributed by atoms with Crippen LogP contribution < -0.4 is 4.74 Å². The number of ether oxygens (including phenoxy) is 2. The van der Waals surface area contributed by atoms with E-state index in [2.05, 4.69) is 15.2 Å². The summed E-state index contributed by atoms with van der Waals surface area (Å²) in [5.41, 5.74) is 3.51. The van der Waals surface area contributed by atoms with Gasteiger partial charge in [-0.2, -0.15) is 4.52 Å². The minimum atomic E-state index is -0.572. The van der Waals surface area contributed by atoms with Crippen molar-refractivity contribution in [1.29, 1.82) is 0 Å². The number of carbonyl (C=O) groups excluding carboxylic acids is 1. The molecular weight excluding hydrogens is 432 g/mol. The van der Waals surface area contributed by atoms with Gasteiger partial charge in [0, 0.05) is 29.4 Å². The van der Waals surface area contributed by atoms with Crippen molar-refractivity contribution < 1.29 is 14.3 Å². The molecular formula is C25H26N6O3. The van der Waals surface area contributed by atoms with E-state index >= 15 is 0 Å². The van der Waals surface area contributed by atoms with Crippen molar-refractivity contribution in [1.82, 2.24) is 29.7 Å². The molecule has 0 saturated heterocycles. The Hall–Kier alpha value is -4.01. The predicted octanol–water partition coefficient (Wildman–Crippen LogP) is 4.06. The molecule has 5 rings (SSSR count). The van der Waals surface area contributed by atoms with E-state index in [4.69, 9.17) is 14.6 Å². The number of aromatic nitrogens is 5. The summed E-state index contributed by atoms with van der Waals surface area (Å²) in [4.78, 5) is 18.8. The molecule has 0 spiro atoms. The smallest absolute Gasteiger partial charge is 0.410 e. The summed E-state index contributed by atoms with van der Waals surface area (Å²) in [6.07, 6.45) is 1.95. The minimum Gasteiger partial charge on any atom is -0.470 e. The van der Waals surface area contributed by atoms with Crippen molar-refractivity contribution in [3.63, 3.8) is 0 Å². The summed E-state index contributed by atoms with van der Waals surface area (Å²) in [5, 5.41) is 13.6. The van der Waals surface area contributed by atoms with Gasteiger partial charge in [-0.25, -0.2) is 4.79 Å². The minimum absolute atomic E-state index is 0.282. The van der Waals surface area contributed by atoms with Crippen molar-refractivity contribution >= 4 is 11.7 Å². The molecule has 0 fully saturated rings. The van der Waals surface area contributed by atoms with Crippen LogP contribution in [0.5, 0.6) is 5.88 Å². The first-order valence-corrected chi connectivity index (χ1v) is 11.2. The van der Waals surface area contributed by atoms with Crippen molar-refractivity contribution in [2.45, 2.75) is 45.9 Å². The average molecular weight is 459 g/mol. The van der Waals surface area contributed by atoms with Crippen LogP contribution in [-0.2, 0) is 24.3 Å². The zero-order valence-corrected chi connectivity index (χ0v) is 19.4. The molecule has 0 aliphatic carbocycles. The highest BCUT2D eigenvalue weighted by molar-refractivity contribution is 5.70. The third-order valence-corrected chi connectivity index (χ3v) is 5.47. The van der Waals surface area contributed by atoms with Crippen LogP contribution in [0.4, 0.5) is 4.79 Å². The molecule has 0 atom stereocenters. The maximum Gasteiger partial charge on any atom is 0.410 e. The Balaban J connectivity index is 1.56. The van der Waals surface area contributed by atoms with Crippen molar-refractivity contribution in [3.8, 4) is 17.3 Å². The summed E-state index contributed by atoms with van der Waals surface area (Å²) in [7, 11) is 0. The van der Waals surface area contributed by atoms with Gasteiger partial charge in [-0.05, 0) is 39.3 Å². The highest BCUT2D eigenvalue weighted by Gasteiger charge is 2.31. The second-order valence-corrected chi connectivity index (χ2v) is 9.15. The van der Waals surface area contributed by atoms with Crippen LogP contribution in [0.2, 0.25) is 0 Å². The van der Waals surface area contributed by atoms with Gasteiger partial charge in [0.15, 0.2) is 11.5 Å². The van der Waals surface area contributed by atoms with Crippen molar-refractivity contribution in [3.05, 3.63) is 71.5 Å². The molecule has 3 aromatic heterocycles. The Kier molecular flexibility index (Phi) is 5.61. The van der Waals surface area contributed by atoms with E-state index in [-0.39, 0.29) is 12.7 Å². The molecule has 0 N–H and O–H groups in total. The van der Waals surface area contributed by atoms with Crippen LogP contribution in [0.15, 0.2) is 54.7 Å². The largest absolute Gasteiger partial charge is 0.470 e. The standard InChI is InChI=1S/C25H26N6O3/c1-25(2,3)34-24(32)30-14-12-19-20(15-30)22-28-27-21(17-9-5-4-6-10-17)31(22)29-23(19)33-16-18-11-7-8-13-26-18/h4-11,13H,12,14-16H2,1-3H3. The predicted molar refractivity (Wildman–Crippen MR) is 125 cm³/mol. The summed E-state index contributed by atoms with van der Waals surface area (Å²) < 4.78 is 13.4. The molecule has 4 heterocycles. The first-order valence-electron chi connectivity index (χ1n) is 11.2. The number of rotatable bonds is 4. The number of nitrogens with zero attached hydrogens (tertiary/aromatic N) is 6. The molecule has 1 aromatic carbocycles. The Labute approximate surface area is 197 Å². The summed E-state index contributed by atoms with van der Waals surface area (Å²) >= 11 is 0. The Morgan fingerprint density at radius 1 is 1.03 bits per heavy atom. The van der Waals surface area contributed by atoms with Gasteiger partial charge in [0.05, 0.1) is 12.2 Å². The van der Waals surface area contributed by atoms with Gasteiger partial charge in [0.25, 0.3) is 0 Å². The van der Waals surface area contributed by atoms with E-state index in [0.717, 1.165) is 22.4 Å². The SMILES string of the molecule is CC(C)(C)OC(=O)N1CCc2c(OCc3ccccn3)nn3c(-c4ccccc4)nnc3c2C1. The van der Waals surface area contributed by atoms with Gasteiger partial charge >= 0.3 is 6.09 Å². The topological polar surface area (TPSA) is 94.7 Å². The molecule has 1 aliphatic rings. The highest BCUT2D eigenvalue weighted by Crippen LogP contribution is 2.32. The number of hydrogen-bond acceptors (Lipinski definition) is 7. The molecule has 0 saturated carbocycles. The van der Waals surface area contributed by atoms with E-state index in [9.17, 15) is 4.79 Å². The normalized spacial score (nSPS) is 13.6. The van der Waals surface area contributed by atoms with Crippen LogP contribution in [0.1, 0.15) is 37.6 Å². The average Bonchev–Trinajstić information content (AvgIpc) is 3.26. The quantitative estimate of drug-likeness (QED) is 0.455. The fraction of sp³-hybridized carbons (Fsp3) is 0.320. The third-order valence-electron chi connectivity index (χ3n) is 5.47. The lowest BCUT2D eigenvalue weighted by Gasteiger charge is -2.31. The lowest BCUT2D eigenvalue weighted by molar-refractivity contribution is 0.0223. The monoisotopic (exact) mass is 458 g/mol. The Bertz CT molecular complexity index is 1320. The fourth-order valence-electron chi connectivity index (χ4n) is 3.91. The van der Waals surface area contributed by atoms with E-state index in [0.29, 0.717) is 36.9 Å². The van der Waals surface area contributed by atoms with Crippen LogP contribution >= 0.6 is 0 Å². The lowest BCUT2D eigenvalue weighted by atomic mass is 10.0. The van der Waals surface area contributed by atoms with Crippen LogP contribution in [0, 0.1) is 0 Å². The van der Waals surface area contributed by atoms with E-state index in [1.807, 2.05) is 69.3 Å². The number of pyridine rings is 1. The zero-order chi connectivity index (χ0) is 23.7. The number of amides is 1. The number of fused-ring (bicyclic) bond motifs is 3. The van der Waals surface area contributed by atoms with E-state index in [1.54, 1.807) is 15.6 Å². The highest BCUT2D eigenvalue weighted by atomic mass is 16.6. The second-order valence-electron chi connectivity index (χ2n) is 9.15. The first-order chi connectivity index (χ1) is 16.4. The second kappa shape index (κ2) is 8.74. The fourth-order valence-corrected chi connectivity index (χ4v) is 3.91. The first kappa shape index (κ1) is 21.8. The molecule has 4 aromatic rings. The lowest BCUT2D eigenvalue weighted by Crippen LogP contribution is -2.40. The molecule has 34 heavy (non-hydrogen) atoms. The Morgan fingerprint density at radius 3 is 2.56 bits per heavy atom. The number of hydrogen-bond donors (Lipinski definition) is 0. The molecule has 174 valence electrons. The summed E-state index contributed by atoms with van der Waals surface area (Å²) in [6, 6.07) is 15.4. The molecule has 0 radical (unpaired) electrons. The van der Waals surface area contributed by atoms with Gasteiger partial charge in [-0.15, -0.1) is 15.3 Å². The van der Waals surface area contributed by atoms with Crippen LogP contribution in [0.3, 0.4) is 0 Å².